The molecule has 3 heteroatoms. The molecule has 1 heterocycles. The lowest BCUT2D eigenvalue weighted by molar-refractivity contribution is 0.0200. The van der Waals surface area contributed by atoms with Crippen LogP contribution in [0.5, 0.6) is 0 Å². The van der Waals surface area contributed by atoms with Crippen molar-refractivity contribution in [1.82, 2.24) is 5.32 Å². The molecule has 1 aliphatic heterocycles. The number of ether oxygens (including phenoxy) is 1. The van der Waals surface area contributed by atoms with Crippen molar-refractivity contribution in [2.24, 2.45) is 0 Å². The maximum Gasteiger partial charge on any atom is 0.0836 e. The Morgan fingerprint density at radius 3 is 2.75 bits per heavy atom. The van der Waals surface area contributed by atoms with Crippen molar-refractivity contribution in [3.8, 4) is 0 Å². The van der Waals surface area contributed by atoms with Crippen molar-refractivity contribution < 1.29 is 4.74 Å². The smallest absolute Gasteiger partial charge is 0.0836 e. The van der Waals surface area contributed by atoms with Crippen LogP contribution < -0.4 is 5.32 Å². The van der Waals surface area contributed by atoms with Gasteiger partial charge in [0.25, 0.3) is 0 Å². The van der Waals surface area contributed by atoms with E-state index < -0.39 is 0 Å². The van der Waals surface area contributed by atoms with Gasteiger partial charge in [-0.3, -0.25) is 0 Å². The monoisotopic (exact) mass is 133 g/mol. The molecule has 0 amide bonds. The minimum atomic E-state index is 0.318. The summed E-state index contributed by atoms with van der Waals surface area (Å²) in [5.74, 6) is 0.318. The highest BCUT2D eigenvalue weighted by molar-refractivity contribution is 7.17. The summed E-state index contributed by atoms with van der Waals surface area (Å²) in [4.78, 5) is 0. The summed E-state index contributed by atoms with van der Waals surface area (Å²) >= 11 is 0. The van der Waals surface area contributed by atoms with Gasteiger partial charge in [-0.1, -0.05) is 0 Å². The average molecular weight is 133 g/mol. The van der Waals surface area contributed by atoms with Crippen LogP contribution in [0, 0.1) is 0 Å². The predicted molar refractivity (Wildman–Crippen MR) is 36.9 cm³/mol. The Morgan fingerprint density at radius 1 is 1.62 bits per heavy atom. The van der Waals surface area contributed by atoms with E-state index in [4.69, 9.17) is 4.74 Å². The van der Waals surface area contributed by atoms with Crippen molar-refractivity contribution in [2.45, 2.75) is 18.9 Å². The third-order valence-electron chi connectivity index (χ3n) is 1.18. The molecule has 0 aromatic heterocycles. The summed E-state index contributed by atoms with van der Waals surface area (Å²) in [5, 5.41) is 3.24. The van der Waals surface area contributed by atoms with Gasteiger partial charge in [-0.2, -0.15) is 0 Å². The van der Waals surface area contributed by atoms with E-state index in [1.165, 1.54) is 0 Å². The number of morpholine rings is 1. The fourth-order valence-corrected chi connectivity index (χ4v) is 1.26. The molecule has 0 saturated carbocycles. The van der Waals surface area contributed by atoms with Crippen LogP contribution in [0.3, 0.4) is 0 Å². The summed E-state index contributed by atoms with van der Waals surface area (Å²) in [5.41, 5.74) is 0. The highest BCUT2D eigenvalue weighted by Gasteiger charge is 2.12. The molecule has 0 radical (unpaired) electrons. The SMILES string of the molecule is CC1CNCC(P)O1. The molecule has 1 saturated heterocycles. The Kier molecular flexibility index (Phi) is 2.24. The van der Waals surface area contributed by atoms with Crippen molar-refractivity contribution >= 4 is 9.24 Å². The van der Waals surface area contributed by atoms with E-state index in [-0.39, 0.29) is 0 Å². The summed E-state index contributed by atoms with van der Waals surface area (Å²) in [6.07, 6.45) is 0.381. The van der Waals surface area contributed by atoms with Gasteiger partial charge in [-0.05, 0) is 6.92 Å². The second kappa shape index (κ2) is 2.77. The van der Waals surface area contributed by atoms with E-state index in [0.717, 1.165) is 13.1 Å². The average Bonchev–Trinajstić information content (AvgIpc) is 1.64. The minimum Gasteiger partial charge on any atom is -0.369 e. The first kappa shape index (κ1) is 6.47. The third kappa shape index (κ3) is 1.70. The van der Waals surface area contributed by atoms with Gasteiger partial charge in [-0.25, -0.2) is 0 Å². The topological polar surface area (TPSA) is 21.3 Å². The molecule has 0 spiro atoms. The van der Waals surface area contributed by atoms with Crippen LogP contribution in [0.2, 0.25) is 0 Å². The third-order valence-corrected chi connectivity index (χ3v) is 1.58. The van der Waals surface area contributed by atoms with Gasteiger partial charge in [0.1, 0.15) is 0 Å². The molecule has 1 N–H and O–H groups in total. The minimum absolute atomic E-state index is 0.318. The molecule has 0 aromatic rings. The molecule has 2 nitrogen and oxygen atoms in total. The van der Waals surface area contributed by atoms with Gasteiger partial charge in [0.15, 0.2) is 0 Å². The lowest BCUT2D eigenvalue weighted by atomic mass is 10.3. The number of rotatable bonds is 0. The van der Waals surface area contributed by atoms with Crippen molar-refractivity contribution in [3.63, 3.8) is 0 Å². The maximum atomic E-state index is 5.39. The summed E-state index contributed by atoms with van der Waals surface area (Å²) < 4.78 is 5.39. The van der Waals surface area contributed by atoms with Crippen LogP contribution in [0.1, 0.15) is 6.92 Å². The first-order valence-electron chi connectivity index (χ1n) is 2.91. The molecule has 0 bridgehead atoms. The second-order valence-electron chi connectivity index (χ2n) is 2.14. The number of hydrogen-bond acceptors (Lipinski definition) is 2. The zero-order valence-corrected chi connectivity index (χ0v) is 6.21. The van der Waals surface area contributed by atoms with Crippen LogP contribution in [-0.4, -0.2) is 25.0 Å². The normalized spacial score (nSPS) is 39.8. The van der Waals surface area contributed by atoms with Gasteiger partial charge in [0.05, 0.1) is 11.9 Å². The summed E-state index contributed by atoms with van der Waals surface area (Å²) in [7, 11) is 2.65. The van der Waals surface area contributed by atoms with Crippen molar-refractivity contribution in [3.05, 3.63) is 0 Å². The molecule has 48 valence electrons. The Hall–Kier alpha value is 0.350. The Labute approximate surface area is 52.2 Å². The fraction of sp³-hybridized carbons (Fsp3) is 1.00. The molecule has 1 rings (SSSR count). The maximum absolute atomic E-state index is 5.39. The molecule has 0 aliphatic carbocycles. The van der Waals surface area contributed by atoms with Gasteiger partial charge < -0.3 is 10.1 Å². The zero-order valence-electron chi connectivity index (χ0n) is 5.05. The first-order chi connectivity index (χ1) is 3.79. The highest BCUT2D eigenvalue weighted by Crippen LogP contribution is 2.07. The molecule has 1 aliphatic rings. The molecule has 8 heavy (non-hydrogen) atoms. The predicted octanol–water partition coefficient (Wildman–Crippen LogP) is 0.196. The highest BCUT2D eigenvalue weighted by atomic mass is 31.0. The standard InChI is InChI=1S/C5H12NOP/c1-4-2-6-3-5(8)7-4/h4-6H,2-3,8H2,1H3. The Bertz CT molecular complexity index is 70.8. The fourth-order valence-electron chi connectivity index (χ4n) is 0.823. The quantitative estimate of drug-likeness (QED) is 0.476. The Balaban J connectivity index is 2.23. The van der Waals surface area contributed by atoms with Crippen molar-refractivity contribution in [1.29, 1.82) is 0 Å². The van der Waals surface area contributed by atoms with E-state index >= 15 is 0 Å². The van der Waals surface area contributed by atoms with Gasteiger partial charge in [-0.15, -0.1) is 9.24 Å². The largest absolute Gasteiger partial charge is 0.369 e. The lowest BCUT2D eigenvalue weighted by Gasteiger charge is -2.25. The molecule has 3 unspecified atom stereocenters. The van der Waals surface area contributed by atoms with E-state index in [1.54, 1.807) is 0 Å². The van der Waals surface area contributed by atoms with E-state index in [9.17, 15) is 0 Å². The molecule has 3 atom stereocenters. The number of hydrogen-bond donors (Lipinski definition) is 1. The van der Waals surface area contributed by atoms with Crippen molar-refractivity contribution in [2.75, 3.05) is 13.1 Å². The zero-order chi connectivity index (χ0) is 5.98. The molecular formula is C5H12NOP. The van der Waals surface area contributed by atoms with Crippen LogP contribution in [-0.2, 0) is 4.74 Å². The van der Waals surface area contributed by atoms with Gasteiger partial charge in [0.2, 0.25) is 0 Å². The Morgan fingerprint density at radius 2 is 2.38 bits per heavy atom. The molecule has 0 aromatic carbocycles. The van der Waals surface area contributed by atoms with Crippen LogP contribution in [0.15, 0.2) is 0 Å². The summed E-state index contributed by atoms with van der Waals surface area (Å²) in [6, 6.07) is 0. The van der Waals surface area contributed by atoms with E-state index in [2.05, 4.69) is 21.5 Å². The van der Waals surface area contributed by atoms with Crippen LogP contribution in [0.4, 0.5) is 0 Å². The summed E-state index contributed by atoms with van der Waals surface area (Å²) in [6.45, 7) is 4.03. The van der Waals surface area contributed by atoms with Gasteiger partial charge >= 0.3 is 0 Å². The van der Waals surface area contributed by atoms with Crippen LogP contribution in [0.25, 0.3) is 0 Å². The molecular weight excluding hydrogens is 121 g/mol. The molecule has 1 fully saturated rings. The lowest BCUT2D eigenvalue weighted by Crippen LogP contribution is -2.40. The first-order valence-corrected chi connectivity index (χ1v) is 3.57. The second-order valence-corrected chi connectivity index (χ2v) is 2.89. The van der Waals surface area contributed by atoms with Crippen LogP contribution >= 0.6 is 9.24 Å². The van der Waals surface area contributed by atoms with E-state index in [1.807, 2.05) is 0 Å². The number of nitrogens with one attached hydrogen (secondary N) is 1. The van der Waals surface area contributed by atoms with Gasteiger partial charge in [0, 0.05) is 13.1 Å². The van der Waals surface area contributed by atoms with E-state index in [0.29, 0.717) is 11.9 Å².